The Morgan fingerprint density at radius 3 is 2.80 bits per heavy atom. The molecule has 3 heterocycles. The molecule has 2 aromatic carbocycles. The smallest absolute Gasteiger partial charge is 0.277 e. The van der Waals surface area contributed by atoms with E-state index in [4.69, 9.17) is 20.4 Å². The molecule has 9 heteroatoms. The fourth-order valence-corrected chi connectivity index (χ4v) is 4.99. The van der Waals surface area contributed by atoms with Crippen molar-refractivity contribution >= 4 is 52.4 Å². The summed E-state index contributed by atoms with van der Waals surface area (Å²) in [7, 11) is 0. The number of halogens is 1. The SMILES string of the molecule is Cc1occc1-c1nnc(SCC(=O)N2c3ccccc3Sc3ccc(Cl)cc32)o1. The number of aryl methyl sites for hydroxylation is 1. The van der Waals surface area contributed by atoms with Crippen LogP contribution in [-0.4, -0.2) is 21.9 Å². The van der Waals surface area contributed by atoms with Crippen LogP contribution in [0.3, 0.4) is 0 Å². The normalized spacial score (nSPS) is 12.5. The van der Waals surface area contributed by atoms with E-state index in [1.54, 1.807) is 29.0 Å². The van der Waals surface area contributed by atoms with Crippen LogP contribution in [0.4, 0.5) is 11.4 Å². The molecule has 4 aromatic rings. The highest BCUT2D eigenvalue weighted by molar-refractivity contribution is 8.00. The van der Waals surface area contributed by atoms with Crippen molar-refractivity contribution in [2.75, 3.05) is 10.7 Å². The van der Waals surface area contributed by atoms with Crippen molar-refractivity contribution in [2.45, 2.75) is 21.9 Å². The first-order valence-electron chi connectivity index (χ1n) is 9.00. The number of hydrogen-bond donors (Lipinski definition) is 0. The molecule has 6 nitrogen and oxygen atoms in total. The van der Waals surface area contributed by atoms with Gasteiger partial charge in [0, 0.05) is 14.8 Å². The van der Waals surface area contributed by atoms with E-state index in [2.05, 4.69) is 10.2 Å². The highest BCUT2D eigenvalue weighted by atomic mass is 35.5. The van der Waals surface area contributed by atoms with Gasteiger partial charge in [-0.1, -0.05) is 47.3 Å². The third-order valence-corrected chi connectivity index (χ3v) is 6.72. The lowest BCUT2D eigenvalue weighted by molar-refractivity contribution is -0.115. The van der Waals surface area contributed by atoms with E-state index < -0.39 is 0 Å². The highest BCUT2D eigenvalue weighted by Gasteiger charge is 2.28. The van der Waals surface area contributed by atoms with Gasteiger partial charge in [0.15, 0.2) is 0 Å². The monoisotopic (exact) mass is 455 g/mol. The Morgan fingerprint density at radius 2 is 1.97 bits per heavy atom. The molecule has 0 bridgehead atoms. The number of para-hydroxylation sites is 1. The van der Waals surface area contributed by atoms with Crippen LogP contribution in [0.2, 0.25) is 5.02 Å². The molecule has 5 rings (SSSR count). The molecule has 0 fully saturated rings. The predicted molar refractivity (Wildman–Crippen MR) is 117 cm³/mol. The van der Waals surface area contributed by atoms with Crippen LogP contribution in [0.25, 0.3) is 11.5 Å². The van der Waals surface area contributed by atoms with Crippen LogP contribution >= 0.6 is 35.1 Å². The first kappa shape index (κ1) is 19.3. The maximum atomic E-state index is 13.2. The Morgan fingerprint density at radius 1 is 1.13 bits per heavy atom. The quantitative estimate of drug-likeness (QED) is 0.338. The maximum Gasteiger partial charge on any atom is 0.277 e. The zero-order valence-corrected chi connectivity index (χ0v) is 18.1. The molecule has 0 N–H and O–H groups in total. The molecule has 150 valence electrons. The number of hydrogen-bond acceptors (Lipinski definition) is 7. The summed E-state index contributed by atoms with van der Waals surface area (Å²) in [6.07, 6.45) is 1.57. The summed E-state index contributed by atoms with van der Waals surface area (Å²) in [5, 5.41) is 9.00. The standard InChI is InChI=1S/C21H14ClN3O3S2/c1-12-14(8-9-27-12)20-23-24-21(28-20)29-11-19(26)25-15-4-2-3-5-17(15)30-18-7-6-13(22)10-16(18)25/h2-10H,11H2,1H3. The molecule has 0 aliphatic carbocycles. The molecule has 0 unspecified atom stereocenters. The number of fused-ring (bicyclic) bond motifs is 2. The van der Waals surface area contributed by atoms with Gasteiger partial charge in [-0.05, 0) is 43.3 Å². The molecule has 2 aromatic heterocycles. The number of rotatable bonds is 4. The number of aromatic nitrogens is 2. The Labute approximate surface area is 185 Å². The van der Waals surface area contributed by atoms with Crippen LogP contribution in [-0.2, 0) is 4.79 Å². The zero-order chi connectivity index (χ0) is 20.7. The van der Waals surface area contributed by atoms with Gasteiger partial charge in [-0.15, -0.1) is 10.2 Å². The van der Waals surface area contributed by atoms with Gasteiger partial charge in [-0.2, -0.15) is 0 Å². The fourth-order valence-electron chi connectivity index (χ4n) is 3.17. The summed E-state index contributed by atoms with van der Waals surface area (Å²) >= 11 is 9.04. The second-order valence-corrected chi connectivity index (χ2v) is 8.91. The summed E-state index contributed by atoms with van der Waals surface area (Å²) in [6, 6.07) is 15.2. The summed E-state index contributed by atoms with van der Waals surface area (Å²) in [6.45, 7) is 1.82. The summed E-state index contributed by atoms with van der Waals surface area (Å²) in [4.78, 5) is 16.9. The van der Waals surface area contributed by atoms with Crippen molar-refractivity contribution in [1.82, 2.24) is 10.2 Å². The van der Waals surface area contributed by atoms with E-state index in [0.29, 0.717) is 21.9 Å². The molecule has 0 atom stereocenters. The van der Waals surface area contributed by atoms with Crippen LogP contribution in [0.15, 0.2) is 78.6 Å². The van der Waals surface area contributed by atoms with E-state index in [1.165, 1.54) is 11.8 Å². The van der Waals surface area contributed by atoms with Crippen molar-refractivity contribution in [1.29, 1.82) is 0 Å². The van der Waals surface area contributed by atoms with Gasteiger partial charge in [0.2, 0.25) is 5.91 Å². The first-order chi connectivity index (χ1) is 14.6. The predicted octanol–water partition coefficient (Wildman–Crippen LogP) is 6.21. The number of furan rings is 1. The average molecular weight is 456 g/mol. The van der Waals surface area contributed by atoms with Crippen LogP contribution in [0.5, 0.6) is 0 Å². The Balaban J connectivity index is 1.40. The Kier molecular flexibility index (Phi) is 5.06. The number of anilines is 2. The molecule has 0 saturated carbocycles. The molecule has 0 saturated heterocycles. The summed E-state index contributed by atoms with van der Waals surface area (Å²) in [5.41, 5.74) is 2.35. The fraction of sp³-hybridized carbons (Fsp3) is 0.0952. The lowest BCUT2D eigenvalue weighted by Gasteiger charge is -2.31. The van der Waals surface area contributed by atoms with E-state index in [9.17, 15) is 4.79 Å². The molecule has 30 heavy (non-hydrogen) atoms. The van der Waals surface area contributed by atoms with Crippen molar-refractivity contribution in [3.8, 4) is 11.5 Å². The largest absolute Gasteiger partial charge is 0.469 e. The lowest BCUT2D eigenvalue weighted by Crippen LogP contribution is -2.30. The zero-order valence-electron chi connectivity index (χ0n) is 15.7. The minimum Gasteiger partial charge on any atom is -0.469 e. The molecular weight excluding hydrogens is 442 g/mol. The second-order valence-electron chi connectivity index (χ2n) is 6.46. The van der Waals surface area contributed by atoms with Crippen molar-refractivity contribution < 1.29 is 13.6 Å². The minimum absolute atomic E-state index is 0.101. The van der Waals surface area contributed by atoms with Crippen molar-refractivity contribution in [3.63, 3.8) is 0 Å². The minimum atomic E-state index is -0.101. The molecule has 1 aliphatic heterocycles. The molecule has 1 aliphatic rings. The van der Waals surface area contributed by atoms with Crippen molar-refractivity contribution in [2.24, 2.45) is 0 Å². The van der Waals surface area contributed by atoms with Gasteiger partial charge in [0.05, 0.1) is 29.0 Å². The molecule has 1 amide bonds. The Hall–Kier alpha value is -2.68. The molecule has 0 spiro atoms. The first-order valence-corrected chi connectivity index (χ1v) is 11.2. The van der Waals surface area contributed by atoms with Crippen molar-refractivity contribution in [3.05, 3.63) is 65.6 Å². The van der Waals surface area contributed by atoms with E-state index in [1.807, 2.05) is 49.4 Å². The average Bonchev–Trinajstić information content (AvgIpc) is 3.39. The van der Waals surface area contributed by atoms with Gasteiger partial charge >= 0.3 is 0 Å². The summed E-state index contributed by atoms with van der Waals surface area (Å²) in [5.74, 6) is 1.10. The van der Waals surface area contributed by atoms with Crippen LogP contribution < -0.4 is 4.90 Å². The van der Waals surface area contributed by atoms with E-state index in [-0.39, 0.29) is 11.7 Å². The van der Waals surface area contributed by atoms with E-state index >= 15 is 0 Å². The number of thioether (sulfide) groups is 1. The molecule has 0 radical (unpaired) electrons. The van der Waals surface area contributed by atoms with Crippen LogP contribution in [0.1, 0.15) is 5.76 Å². The number of benzene rings is 2. The Bertz CT molecular complexity index is 1250. The van der Waals surface area contributed by atoms with E-state index in [0.717, 1.165) is 26.7 Å². The second kappa shape index (κ2) is 7.86. The highest BCUT2D eigenvalue weighted by Crippen LogP contribution is 2.49. The van der Waals surface area contributed by atoms with Gasteiger partial charge in [-0.25, -0.2) is 0 Å². The van der Waals surface area contributed by atoms with Gasteiger partial charge < -0.3 is 8.83 Å². The maximum absolute atomic E-state index is 13.2. The summed E-state index contributed by atoms with van der Waals surface area (Å²) < 4.78 is 11.0. The van der Waals surface area contributed by atoms with Crippen LogP contribution in [0, 0.1) is 6.92 Å². The van der Waals surface area contributed by atoms with Gasteiger partial charge in [-0.3, -0.25) is 9.69 Å². The molecular formula is C21H14ClN3O3S2. The number of nitrogens with zero attached hydrogens (tertiary/aromatic N) is 3. The lowest BCUT2D eigenvalue weighted by atomic mass is 10.2. The number of amides is 1. The number of carbonyl (C=O) groups is 1. The number of carbonyl (C=O) groups excluding carboxylic acids is 1. The third kappa shape index (κ3) is 3.51. The van der Waals surface area contributed by atoms with Gasteiger partial charge in [0.1, 0.15) is 5.76 Å². The van der Waals surface area contributed by atoms with Gasteiger partial charge in [0.25, 0.3) is 11.1 Å². The third-order valence-electron chi connectivity index (χ3n) is 4.55. The topological polar surface area (TPSA) is 72.4 Å².